The second kappa shape index (κ2) is 7.88. The summed E-state index contributed by atoms with van der Waals surface area (Å²) in [6, 6.07) is 7.59. The molecule has 0 unspecified atom stereocenters. The van der Waals surface area contributed by atoms with E-state index in [0.717, 1.165) is 11.3 Å². The molecule has 0 aliphatic carbocycles. The molecule has 1 aromatic carbocycles. The van der Waals surface area contributed by atoms with Crippen molar-refractivity contribution in [2.75, 3.05) is 41.5 Å². The zero-order valence-electron chi connectivity index (χ0n) is 17.2. The number of rotatable bonds is 6. The Hall–Kier alpha value is -2.84. The fraction of sp³-hybridized carbons (Fsp3) is 0.500. The van der Waals surface area contributed by atoms with Crippen molar-refractivity contribution in [1.29, 1.82) is 0 Å². The topological polar surface area (TPSA) is 88.3 Å². The highest BCUT2D eigenvalue weighted by Crippen LogP contribution is 2.36. The highest BCUT2D eigenvalue weighted by molar-refractivity contribution is 5.77. The van der Waals surface area contributed by atoms with Gasteiger partial charge in [-0.25, -0.2) is 8.78 Å². The Morgan fingerprint density at radius 1 is 1.21 bits per heavy atom. The van der Waals surface area contributed by atoms with Crippen molar-refractivity contribution in [3.63, 3.8) is 0 Å². The Morgan fingerprint density at radius 2 is 1.90 bits per heavy atom. The van der Waals surface area contributed by atoms with Crippen molar-refractivity contribution in [2.45, 2.75) is 45.2 Å². The summed E-state index contributed by atoms with van der Waals surface area (Å²) in [4.78, 5) is 10.4. The second-order valence-corrected chi connectivity index (χ2v) is 8.24. The monoisotopic (exact) mass is 406 g/mol. The van der Waals surface area contributed by atoms with Crippen LogP contribution in [0.5, 0.6) is 5.75 Å². The SMILES string of the molecule is COc1ccc(CNc2nc(NC(C)(C)C)nc(N3CCC(F)(F)C3)c2N)cc1. The normalized spacial score (nSPS) is 16.0. The van der Waals surface area contributed by atoms with Crippen LogP contribution in [-0.4, -0.2) is 41.6 Å². The van der Waals surface area contributed by atoms with Gasteiger partial charge in [0.15, 0.2) is 11.6 Å². The molecule has 0 amide bonds. The van der Waals surface area contributed by atoms with Crippen LogP contribution in [0.15, 0.2) is 24.3 Å². The van der Waals surface area contributed by atoms with Crippen LogP contribution in [0, 0.1) is 0 Å². The number of methoxy groups -OCH3 is 1. The lowest BCUT2D eigenvalue weighted by atomic mass is 10.1. The summed E-state index contributed by atoms with van der Waals surface area (Å²) in [5.41, 5.74) is 7.24. The molecule has 1 aliphatic heterocycles. The van der Waals surface area contributed by atoms with Gasteiger partial charge in [0.2, 0.25) is 5.95 Å². The van der Waals surface area contributed by atoms with E-state index in [1.54, 1.807) is 7.11 Å². The van der Waals surface area contributed by atoms with E-state index in [1.807, 2.05) is 45.0 Å². The minimum atomic E-state index is -2.74. The molecule has 7 nitrogen and oxygen atoms in total. The van der Waals surface area contributed by atoms with Crippen LogP contribution in [0.3, 0.4) is 0 Å². The minimum absolute atomic E-state index is 0.196. The zero-order chi connectivity index (χ0) is 21.2. The molecule has 1 saturated heterocycles. The first-order valence-electron chi connectivity index (χ1n) is 9.52. The van der Waals surface area contributed by atoms with E-state index >= 15 is 0 Å². The summed E-state index contributed by atoms with van der Waals surface area (Å²) < 4.78 is 32.7. The standard InChI is InChI=1S/C20H28F2N6O/c1-19(2,3)27-18-25-16(24-11-13-5-7-14(29-4)8-6-13)15(23)17(26-18)28-10-9-20(21,22)12-28/h5-8H,9-12,23H2,1-4H3,(H2,24,25,26,27). The predicted molar refractivity (Wildman–Crippen MR) is 112 cm³/mol. The Kier molecular flexibility index (Phi) is 5.68. The van der Waals surface area contributed by atoms with Crippen LogP contribution < -0.4 is 26.0 Å². The average Bonchev–Trinajstić information content (AvgIpc) is 3.00. The van der Waals surface area contributed by atoms with Gasteiger partial charge in [-0.3, -0.25) is 0 Å². The van der Waals surface area contributed by atoms with Gasteiger partial charge in [0.1, 0.15) is 11.4 Å². The molecule has 4 N–H and O–H groups in total. The van der Waals surface area contributed by atoms with E-state index in [4.69, 9.17) is 10.5 Å². The van der Waals surface area contributed by atoms with Crippen molar-refractivity contribution in [3.8, 4) is 5.75 Å². The summed E-state index contributed by atoms with van der Waals surface area (Å²) in [5.74, 6) is -0.904. The first-order valence-corrected chi connectivity index (χ1v) is 9.52. The molecule has 1 aliphatic rings. The Balaban J connectivity index is 1.87. The maximum absolute atomic E-state index is 13.7. The summed E-state index contributed by atoms with van der Waals surface area (Å²) in [6.07, 6.45) is -0.215. The molecular formula is C20H28F2N6O. The van der Waals surface area contributed by atoms with Gasteiger partial charge >= 0.3 is 0 Å². The number of hydrogen-bond acceptors (Lipinski definition) is 7. The lowest BCUT2D eigenvalue weighted by Crippen LogP contribution is -2.30. The lowest BCUT2D eigenvalue weighted by molar-refractivity contribution is 0.0257. The highest BCUT2D eigenvalue weighted by atomic mass is 19.3. The Bertz CT molecular complexity index is 851. The van der Waals surface area contributed by atoms with Crippen molar-refractivity contribution in [3.05, 3.63) is 29.8 Å². The van der Waals surface area contributed by atoms with Crippen molar-refractivity contribution < 1.29 is 13.5 Å². The molecule has 2 aromatic rings. The molecule has 29 heavy (non-hydrogen) atoms. The van der Waals surface area contributed by atoms with Crippen LogP contribution in [0.1, 0.15) is 32.8 Å². The van der Waals surface area contributed by atoms with Crippen molar-refractivity contribution in [2.24, 2.45) is 0 Å². The number of alkyl halides is 2. The minimum Gasteiger partial charge on any atom is -0.497 e. The van der Waals surface area contributed by atoms with Gasteiger partial charge in [-0.1, -0.05) is 12.1 Å². The largest absolute Gasteiger partial charge is 0.497 e. The van der Waals surface area contributed by atoms with E-state index in [-0.39, 0.29) is 24.2 Å². The van der Waals surface area contributed by atoms with Crippen LogP contribution >= 0.6 is 0 Å². The third kappa shape index (κ3) is 5.36. The summed E-state index contributed by atoms with van der Waals surface area (Å²) in [6.45, 7) is 6.18. The van der Waals surface area contributed by atoms with E-state index in [1.165, 1.54) is 4.90 Å². The molecule has 0 radical (unpaired) electrons. The average molecular weight is 406 g/mol. The van der Waals surface area contributed by atoms with Crippen molar-refractivity contribution >= 4 is 23.3 Å². The third-order valence-electron chi connectivity index (χ3n) is 4.50. The summed E-state index contributed by atoms with van der Waals surface area (Å²) in [5, 5.41) is 6.40. The van der Waals surface area contributed by atoms with E-state index in [2.05, 4.69) is 20.6 Å². The molecule has 0 saturated carbocycles. The summed E-state index contributed by atoms with van der Waals surface area (Å²) in [7, 11) is 1.61. The van der Waals surface area contributed by atoms with E-state index < -0.39 is 12.5 Å². The number of halogens is 2. The molecule has 2 heterocycles. The lowest BCUT2D eigenvalue weighted by Gasteiger charge is -2.25. The van der Waals surface area contributed by atoms with E-state index in [9.17, 15) is 8.78 Å². The smallest absolute Gasteiger partial charge is 0.266 e. The number of nitrogens with two attached hydrogens (primary N) is 1. The first-order chi connectivity index (χ1) is 13.6. The maximum atomic E-state index is 13.7. The number of nitrogens with zero attached hydrogens (tertiary/aromatic N) is 3. The number of aromatic nitrogens is 2. The van der Waals surface area contributed by atoms with Crippen LogP contribution in [0.25, 0.3) is 0 Å². The van der Waals surface area contributed by atoms with Crippen LogP contribution in [0.2, 0.25) is 0 Å². The molecule has 3 rings (SSSR count). The highest BCUT2D eigenvalue weighted by Gasteiger charge is 2.40. The number of anilines is 4. The molecule has 0 atom stereocenters. The quantitative estimate of drug-likeness (QED) is 0.673. The van der Waals surface area contributed by atoms with Crippen LogP contribution in [0.4, 0.5) is 32.1 Å². The molecule has 9 heteroatoms. The number of nitrogens with one attached hydrogen (secondary N) is 2. The Morgan fingerprint density at radius 3 is 2.45 bits per heavy atom. The fourth-order valence-corrected chi connectivity index (χ4v) is 3.07. The first kappa shape index (κ1) is 20.9. The number of ether oxygens (including phenoxy) is 1. The fourth-order valence-electron chi connectivity index (χ4n) is 3.07. The number of benzene rings is 1. The molecule has 1 aromatic heterocycles. The van der Waals surface area contributed by atoms with Crippen molar-refractivity contribution in [1.82, 2.24) is 9.97 Å². The van der Waals surface area contributed by atoms with Gasteiger partial charge in [-0.2, -0.15) is 9.97 Å². The van der Waals surface area contributed by atoms with Crippen LogP contribution in [-0.2, 0) is 6.54 Å². The third-order valence-corrected chi connectivity index (χ3v) is 4.50. The summed E-state index contributed by atoms with van der Waals surface area (Å²) >= 11 is 0. The van der Waals surface area contributed by atoms with Gasteiger partial charge < -0.3 is 26.0 Å². The molecule has 1 fully saturated rings. The van der Waals surface area contributed by atoms with Gasteiger partial charge in [0.05, 0.1) is 13.7 Å². The second-order valence-electron chi connectivity index (χ2n) is 8.24. The maximum Gasteiger partial charge on any atom is 0.266 e. The molecular weight excluding hydrogens is 378 g/mol. The van der Waals surface area contributed by atoms with Gasteiger partial charge in [0.25, 0.3) is 5.92 Å². The zero-order valence-corrected chi connectivity index (χ0v) is 17.2. The molecule has 158 valence electrons. The van der Waals surface area contributed by atoms with E-state index in [0.29, 0.717) is 24.1 Å². The van der Waals surface area contributed by atoms with Gasteiger partial charge in [-0.15, -0.1) is 0 Å². The Labute approximate surface area is 169 Å². The predicted octanol–water partition coefficient (Wildman–Crippen LogP) is 3.74. The number of nitrogen functional groups attached to an aromatic ring is 1. The van der Waals surface area contributed by atoms with Gasteiger partial charge in [-0.05, 0) is 38.5 Å². The number of hydrogen-bond donors (Lipinski definition) is 3. The molecule has 0 bridgehead atoms. The molecule has 0 spiro atoms. The van der Waals surface area contributed by atoms with Gasteiger partial charge in [0, 0.05) is 25.0 Å².